The van der Waals surface area contributed by atoms with E-state index in [1.807, 2.05) is 32.4 Å². The van der Waals surface area contributed by atoms with Crippen molar-refractivity contribution >= 4 is 16.9 Å². The highest BCUT2D eigenvalue weighted by Crippen LogP contribution is 2.38. The number of ether oxygens (including phenoxy) is 1. The van der Waals surface area contributed by atoms with Crippen LogP contribution >= 0.6 is 0 Å². The number of anilines is 1. The molecule has 0 saturated carbocycles. The average Bonchev–Trinajstić information content (AvgIpc) is 3.10. The lowest BCUT2D eigenvalue weighted by Gasteiger charge is -2.41. The topological polar surface area (TPSA) is 54.0 Å². The number of hydrogen-bond donors (Lipinski definition) is 1. The maximum absolute atomic E-state index is 5.98. The first-order chi connectivity index (χ1) is 11.7. The van der Waals surface area contributed by atoms with E-state index in [-0.39, 0.29) is 5.60 Å². The van der Waals surface area contributed by atoms with Crippen LogP contribution in [-0.2, 0) is 10.3 Å². The molecule has 0 aliphatic carbocycles. The first-order valence-electron chi connectivity index (χ1n) is 8.39. The van der Waals surface area contributed by atoms with E-state index in [0.29, 0.717) is 0 Å². The van der Waals surface area contributed by atoms with Crippen LogP contribution < -0.4 is 4.90 Å². The summed E-state index contributed by atoms with van der Waals surface area (Å²) in [6, 6.07) is 12.5. The second-order valence-corrected chi connectivity index (χ2v) is 6.38. The minimum atomic E-state index is -0.200. The van der Waals surface area contributed by atoms with E-state index in [1.54, 1.807) is 0 Å². The summed E-state index contributed by atoms with van der Waals surface area (Å²) in [4.78, 5) is 14.8. The second kappa shape index (κ2) is 5.91. The molecule has 0 unspecified atom stereocenters. The SMILES string of the molecule is COC1(c2ccccc2)CCN(c2nc(C)nc3cc[nH]c23)CC1. The maximum Gasteiger partial charge on any atom is 0.156 e. The van der Waals surface area contributed by atoms with Crippen LogP contribution in [0, 0.1) is 6.92 Å². The van der Waals surface area contributed by atoms with Gasteiger partial charge in [0, 0.05) is 26.4 Å². The summed E-state index contributed by atoms with van der Waals surface area (Å²) in [7, 11) is 1.82. The van der Waals surface area contributed by atoms with Gasteiger partial charge in [-0.05, 0) is 31.4 Å². The smallest absolute Gasteiger partial charge is 0.156 e. The first kappa shape index (κ1) is 15.1. The number of aromatic nitrogens is 3. The van der Waals surface area contributed by atoms with Gasteiger partial charge in [0.1, 0.15) is 11.3 Å². The molecule has 3 aromatic rings. The van der Waals surface area contributed by atoms with Crippen molar-refractivity contribution in [2.75, 3.05) is 25.1 Å². The number of nitrogens with zero attached hydrogens (tertiary/aromatic N) is 3. The van der Waals surface area contributed by atoms with Crippen LogP contribution in [0.1, 0.15) is 24.2 Å². The quantitative estimate of drug-likeness (QED) is 0.803. The predicted molar refractivity (Wildman–Crippen MR) is 95.2 cm³/mol. The van der Waals surface area contributed by atoms with E-state index in [1.165, 1.54) is 5.56 Å². The third-order valence-electron chi connectivity index (χ3n) is 5.06. The summed E-state index contributed by atoms with van der Waals surface area (Å²) in [5, 5.41) is 0. The first-order valence-corrected chi connectivity index (χ1v) is 8.39. The molecule has 1 fully saturated rings. The Hall–Kier alpha value is -2.40. The minimum absolute atomic E-state index is 0.200. The number of nitrogens with one attached hydrogen (secondary N) is 1. The van der Waals surface area contributed by atoms with Crippen molar-refractivity contribution in [3.63, 3.8) is 0 Å². The Bertz CT molecular complexity index is 835. The second-order valence-electron chi connectivity index (χ2n) is 6.38. The molecular formula is C19H22N4O. The van der Waals surface area contributed by atoms with Crippen LogP contribution in [0.3, 0.4) is 0 Å². The molecular weight excluding hydrogens is 300 g/mol. The van der Waals surface area contributed by atoms with Gasteiger partial charge in [0.25, 0.3) is 0 Å². The number of rotatable bonds is 3. The summed E-state index contributed by atoms with van der Waals surface area (Å²) in [5.74, 6) is 1.81. The van der Waals surface area contributed by atoms with E-state index >= 15 is 0 Å². The van der Waals surface area contributed by atoms with Gasteiger partial charge in [-0.25, -0.2) is 9.97 Å². The van der Waals surface area contributed by atoms with Crippen LogP contribution in [0.4, 0.5) is 5.82 Å². The number of aromatic amines is 1. The predicted octanol–water partition coefficient (Wildman–Crippen LogP) is 3.41. The van der Waals surface area contributed by atoms with Gasteiger partial charge >= 0.3 is 0 Å². The Balaban J connectivity index is 1.62. The Labute approximate surface area is 141 Å². The molecule has 1 aromatic carbocycles. The Morgan fingerprint density at radius 1 is 1.08 bits per heavy atom. The van der Waals surface area contributed by atoms with Crippen LogP contribution in [0.5, 0.6) is 0 Å². The van der Waals surface area contributed by atoms with Crippen molar-refractivity contribution in [2.24, 2.45) is 0 Å². The zero-order valence-electron chi connectivity index (χ0n) is 14.1. The minimum Gasteiger partial charge on any atom is -0.373 e. The fourth-order valence-electron chi connectivity index (χ4n) is 3.70. The van der Waals surface area contributed by atoms with Crippen molar-refractivity contribution < 1.29 is 4.74 Å². The molecule has 0 spiro atoms. The van der Waals surface area contributed by atoms with E-state index in [4.69, 9.17) is 4.74 Å². The summed E-state index contributed by atoms with van der Waals surface area (Å²) in [6.45, 7) is 3.77. The number of fused-ring (bicyclic) bond motifs is 1. The highest BCUT2D eigenvalue weighted by atomic mass is 16.5. The maximum atomic E-state index is 5.98. The molecule has 2 aromatic heterocycles. The molecule has 24 heavy (non-hydrogen) atoms. The molecule has 0 radical (unpaired) electrons. The normalized spacial score (nSPS) is 17.3. The van der Waals surface area contributed by atoms with Crippen LogP contribution in [0.25, 0.3) is 11.0 Å². The summed E-state index contributed by atoms with van der Waals surface area (Å²) in [5.41, 5.74) is 3.06. The van der Waals surface area contributed by atoms with E-state index in [2.05, 4.69) is 44.1 Å². The molecule has 1 saturated heterocycles. The van der Waals surface area contributed by atoms with Gasteiger partial charge in [0.15, 0.2) is 5.82 Å². The van der Waals surface area contributed by atoms with E-state index in [0.717, 1.165) is 48.6 Å². The third-order valence-corrected chi connectivity index (χ3v) is 5.06. The van der Waals surface area contributed by atoms with Crippen molar-refractivity contribution in [3.05, 3.63) is 54.0 Å². The highest BCUT2D eigenvalue weighted by Gasteiger charge is 2.37. The summed E-state index contributed by atoms with van der Waals surface area (Å²) < 4.78 is 5.98. The fraction of sp³-hybridized carbons (Fsp3) is 0.368. The van der Waals surface area contributed by atoms with Gasteiger partial charge in [-0.2, -0.15) is 0 Å². The molecule has 5 nitrogen and oxygen atoms in total. The Morgan fingerprint density at radius 3 is 2.54 bits per heavy atom. The zero-order valence-corrected chi connectivity index (χ0v) is 14.1. The highest BCUT2D eigenvalue weighted by molar-refractivity contribution is 5.86. The van der Waals surface area contributed by atoms with Crippen molar-refractivity contribution in [2.45, 2.75) is 25.4 Å². The molecule has 1 N–H and O–H groups in total. The Kier molecular flexibility index (Phi) is 3.73. The van der Waals surface area contributed by atoms with E-state index < -0.39 is 0 Å². The zero-order chi connectivity index (χ0) is 16.6. The van der Waals surface area contributed by atoms with Crippen LogP contribution in [-0.4, -0.2) is 35.2 Å². The fourth-order valence-corrected chi connectivity index (χ4v) is 3.70. The van der Waals surface area contributed by atoms with Gasteiger partial charge < -0.3 is 14.6 Å². The molecule has 1 aliphatic heterocycles. The van der Waals surface area contributed by atoms with Gasteiger partial charge in [0.2, 0.25) is 0 Å². The lowest BCUT2D eigenvalue weighted by atomic mass is 9.84. The lowest BCUT2D eigenvalue weighted by Crippen LogP contribution is -2.44. The molecule has 0 amide bonds. The number of piperidine rings is 1. The van der Waals surface area contributed by atoms with Crippen molar-refractivity contribution in [1.82, 2.24) is 15.0 Å². The largest absolute Gasteiger partial charge is 0.373 e. The molecule has 4 rings (SSSR count). The van der Waals surface area contributed by atoms with Gasteiger partial charge in [-0.3, -0.25) is 0 Å². The molecule has 124 valence electrons. The van der Waals surface area contributed by atoms with Gasteiger partial charge in [-0.1, -0.05) is 30.3 Å². The average molecular weight is 322 g/mol. The van der Waals surface area contributed by atoms with Crippen molar-refractivity contribution in [1.29, 1.82) is 0 Å². The molecule has 5 heteroatoms. The summed E-state index contributed by atoms with van der Waals surface area (Å²) in [6.07, 6.45) is 3.81. The third kappa shape index (κ3) is 2.45. The number of H-pyrrole nitrogens is 1. The van der Waals surface area contributed by atoms with Gasteiger partial charge in [-0.15, -0.1) is 0 Å². The lowest BCUT2D eigenvalue weighted by molar-refractivity contribution is -0.0347. The number of methoxy groups -OCH3 is 1. The van der Waals surface area contributed by atoms with Crippen LogP contribution in [0.2, 0.25) is 0 Å². The molecule has 3 heterocycles. The van der Waals surface area contributed by atoms with Crippen molar-refractivity contribution in [3.8, 4) is 0 Å². The Morgan fingerprint density at radius 2 is 1.83 bits per heavy atom. The van der Waals surface area contributed by atoms with E-state index in [9.17, 15) is 0 Å². The molecule has 0 bridgehead atoms. The molecule has 0 atom stereocenters. The monoisotopic (exact) mass is 322 g/mol. The standard InChI is InChI=1S/C19H22N4O/c1-14-21-16-8-11-20-17(16)18(22-14)23-12-9-19(24-2,10-13-23)15-6-4-3-5-7-15/h3-8,11,20H,9-10,12-13H2,1-2H3. The van der Waals surface area contributed by atoms with Gasteiger partial charge in [0.05, 0.1) is 11.1 Å². The summed E-state index contributed by atoms with van der Waals surface area (Å²) >= 11 is 0. The number of aryl methyl sites for hydroxylation is 1. The molecule has 1 aliphatic rings. The number of hydrogen-bond acceptors (Lipinski definition) is 4. The van der Waals surface area contributed by atoms with Crippen LogP contribution in [0.15, 0.2) is 42.6 Å². The number of benzene rings is 1.